The summed E-state index contributed by atoms with van der Waals surface area (Å²) in [7, 11) is 0. The third-order valence-corrected chi connectivity index (χ3v) is 5.64. The first-order valence-corrected chi connectivity index (χ1v) is 10.6. The fourth-order valence-corrected chi connectivity index (χ4v) is 3.93. The Labute approximate surface area is 202 Å². The summed E-state index contributed by atoms with van der Waals surface area (Å²) in [5.74, 6) is 0.743. The zero-order chi connectivity index (χ0) is 19.3. The monoisotopic (exact) mass is 531 g/mol. The number of likely N-dealkylation sites (tertiary alicyclic amines) is 1. The predicted octanol–water partition coefficient (Wildman–Crippen LogP) is 3.48. The molecule has 31 heavy (non-hydrogen) atoms. The van der Waals surface area contributed by atoms with Gasteiger partial charge in [0.1, 0.15) is 17.9 Å². The molecule has 1 fully saturated rings. The van der Waals surface area contributed by atoms with Crippen molar-refractivity contribution in [3.8, 4) is 11.4 Å². The second kappa shape index (κ2) is 13.0. The Morgan fingerprint density at radius 2 is 1.77 bits per heavy atom. The van der Waals surface area contributed by atoms with Crippen molar-refractivity contribution in [3.63, 3.8) is 0 Å². The minimum absolute atomic E-state index is 0. The van der Waals surface area contributed by atoms with Crippen LogP contribution >= 0.6 is 40.7 Å². The van der Waals surface area contributed by atoms with Crippen LogP contribution in [-0.4, -0.2) is 57.0 Å². The highest BCUT2D eigenvalue weighted by Gasteiger charge is 2.16. The Hall–Kier alpha value is -1.71. The lowest BCUT2D eigenvalue weighted by Gasteiger charge is -2.26. The molecule has 0 unspecified atom stereocenters. The van der Waals surface area contributed by atoms with Gasteiger partial charge in [-0.25, -0.2) is 9.97 Å². The Morgan fingerprint density at radius 1 is 1.06 bits per heavy atom. The van der Waals surface area contributed by atoms with Crippen LogP contribution in [0.3, 0.4) is 0 Å². The number of fused-ring (bicyclic) bond motifs is 1. The van der Waals surface area contributed by atoms with Gasteiger partial charge in [-0.1, -0.05) is 34.5 Å². The highest BCUT2D eigenvalue weighted by Crippen LogP contribution is 2.25. The molecule has 0 aliphatic carbocycles. The molecule has 0 bridgehead atoms. The van der Waals surface area contributed by atoms with Crippen LogP contribution < -0.4 is 5.32 Å². The average molecular weight is 533 g/mol. The Morgan fingerprint density at radius 3 is 2.48 bits per heavy atom. The maximum Gasteiger partial charge on any atom is 0.240 e. The zero-order valence-electron chi connectivity index (χ0n) is 17.1. The highest BCUT2D eigenvalue weighted by atomic mass is 79.9. The van der Waals surface area contributed by atoms with Crippen LogP contribution in [0.2, 0.25) is 0 Å². The van der Waals surface area contributed by atoms with Crippen LogP contribution in [0, 0.1) is 0 Å². The Bertz CT molecular complexity index is 962. The fourth-order valence-electron chi connectivity index (χ4n) is 3.66. The van der Waals surface area contributed by atoms with E-state index in [4.69, 9.17) is 4.98 Å². The average Bonchev–Trinajstić information content (AvgIpc) is 3.08. The molecule has 170 valence electrons. The minimum Gasteiger partial charge on any atom is -0.412 e. The van der Waals surface area contributed by atoms with E-state index < -0.39 is 0 Å². The highest BCUT2D eigenvalue weighted by molar-refractivity contribution is 9.10. The molecule has 0 atom stereocenters. The van der Waals surface area contributed by atoms with Crippen molar-refractivity contribution in [2.45, 2.75) is 25.8 Å². The van der Waals surface area contributed by atoms with Crippen LogP contribution in [0.25, 0.3) is 22.6 Å². The summed E-state index contributed by atoms with van der Waals surface area (Å²) in [6, 6.07) is 11.7. The maximum atomic E-state index is 12.6. The van der Waals surface area contributed by atoms with Gasteiger partial charge in [-0.05, 0) is 50.2 Å². The van der Waals surface area contributed by atoms with E-state index in [2.05, 4.69) is 31.1 Å². The number of piperidine rings is 1. The number of nitrogens with one attached hydrogen (secondary N) is 1. The molecule has 1 aromatic carbocycles. The molecule has 0 radical (unpaired) electrons. The summed E-state index contributed by atoms with van der Waals surface area (Å²) in [5, 5.41) is 3.06. The first-order chi connectivity index (χ1) is 13.7. The number of nitrogens with zero attached hydrogens (tertiary/aromatic N) is 4. The molecular weight excluding hydrogens is 505 g/mol. The quantitative estimate of drug-likeness (QED) is 0.525. The van der Waals surface area contributed by atoms with E-state index in [0.29, 0.717) is 6.54 Å². The number of carbonyl (C=O) groups excluding carboxylic acids is 1. The van der Waals surface area contributed by atoms with Gasteiger partial charge < -0.3 is 15.7 Å². The van der Waals surface area contributed by atoms with Crippen molar-refractivity contribution in [1.29, 1.82) is 0 Å². The fraction of sp³-hybridized carbons (Fsp3) is 0.381. The lowest BCUT2D eigenvalue weighted by Crippen LogP contribution is -2.38. The number of imidazole rings is 1. The number of benzene rings is 1. The van der Waals surface area contributed by atoms with Crippen LogP contribution in [0.5, 0.6) is 0 Å². The molecule has 3 aromatic rings. The number of rotatable bonds is 6. The standard InChI is InChI=1S/C21H24BrN5O.2ClH.H2O/c22-17-8-6-16(7-9-17)20-25-18-5-4-10-24-21(18)27(20)15-19(28)23-11-14-26-12-2-1-3-13-26;;;/h4-10H,1-3,11-15H2,(H,23,28);2*1H;1H2. The van der Waals surface area contributed by atoms with E-state index in [1.165, 1.54) is 19.3 Å². The lowest BCUT2D eigenvalue weighted by molar-refractivity contribution is -0.121. The van der Waals surface area contributed by atoms with Crippen LogP contribution in [-0.2, 0) is 11.3 Å². The normalized spacial score (nSPS) is 13.6. The minimum atomic E-state index is -0.0136. The molecule has 3 heterocycles. The van der Waals surface area contributed by atoms with Crippen molar-refractivity contribution in [2.24, 2.45) is 0 Å². The number of amides is 1. The summed E-state index contributed by atoms with van der Waals surface area (Å²) in [5.41, 5.74) is 2.48. The SMILES string of the molecule is Cl.Cl.O.O=C(Cn1c(-c2ccc(Br)cc2)nc2cccnc21)NCCN1CCCCC1. The molecule has 0 spiro atoms. The van der Waals surface area contributed by atoms with Crippen LogP contribution in [0.15, 0.2) is 47.1 Å². The number of hydrogen-bond acceptors (Lipinski definition) is 4. The first kappa shape index (κ1) is 27.3. The second-order valence-corrected chi connectivity index (χ2v) is 8.04. The van der Waals surface area contributed by atoms with Crippen molar-refractivity contribution < 1.29 is 10.3 Å². The van der Waals surface area contributed by atoms with E-state index in [9.17, 15) is 4.79 Å². The molecule has 4 rings (SSSR count). The largest absolute Gasteiger partial charge is 0.412 e. The number of carbonyl (C=O) groups is 1. The topological polar surface area (TPSA) is 94.5 Å². The molecule has 10 heteroatoms. The molecule has 7 nitrogen and oxygen atoms in total. The van der Waals surface area contributed by atoms with Gasteiger partial charge in [-0.15, -0.1) is 24.8 Å². The molecule has 2 aromatic heterocycles. The number of aromatic nitrogens is 3. The smallest absolute Gasteiger partial charge is 0.240 e. The summed E-state index contributed by atoms with van der Waals surface area (Å²) < 4.78 is 2.90. The van der Waals surface area contributed by atoms with Gasteiger partial charge in [0.05, 0.1) is 0 Å². The van der Waals surface area contributed by atoms with E-state index in [0.717, 1.165) is 46.7 Å². The molecule has 1 saturated heterocycles. The lowest BCUT2D eigenvalue weighted by atomic mass is 10.1. The molecule has 1 aliphatic heterocycles. The van der Waals surface area contributed by atoms with Gasteiger partial charge in [0.2, 0.25) is 5.91 Å². The molecular formula is C21H28BrCl2N5O2. The van der Waals surface area contributed by atoms with Gasteiger partial charge >= 0.3 is 0 Å². The first-order valence-electron chi connectivity index (χ1n) is 9.77. The van der Waals surface area contributed by atoms with Crippen molar-refractivity contribution in [2.75, 3.05) is 26.2 Å². The summed E-state index contributed by atoms with van der Waals surface area (Å²) >= 11 is 3.47. The Kier molecular flexibility index (Phi) is 11.4. The van der Waals surface area contributed by atoms with Gasteiger partial charge in [-0.2, -0.15) is 0 Å². The Balaban J connectivity index is 0.00000160. The number of hydrogen-bond donors (Lipinski definition) is 1. The summed E-state index contributed by atoms with van der Waals surface area (Å²) in [6.07, 6.45) is 5.58. The van der Waals surface area contributed by atoms with Crippen LogP contribution in [0.4, 0.5) is 0 Å². The summed E-state index contributed by atoms with van der Waals surface area (Å²) in [6.45, 7) is 4.07. The second-order valence-electron chi connectivity index (χ2n) is 7.13. The zero-order valence-corrected chi connectivity index (χ0v) is 20.3. The third-order valence-electron chi connectivity index (χ3n) is 5.11. The number of pyridine rings is 1. The molecule has 1 aliphatic rings. The predicted molar refractivity (Wildman–Crippen MR) is 132 cm³/mol. The van der Waals surface area contributed by atoms with Crippen molar-refractivity contribution in [3.05, 3.63) is 47.1 Å². The van der Waals surface area contributed by atoms with Crippen LogP contribution in [0.1, 0.15) is 19.3 Å². The van der Waals surface area contributed by atoms with Gasteiger partial charge in [0.15, 0.2) is 5.65 Å². The number of halogens is 3. The maximum absolute atomic E-state index is 12.6. The van der Waals surface area contributed by atoms with E-state index >= 15 is 0 Å². The van der Waals surface area contributed by atoms with Gasteiger partial charge in [-0.3, -0.25) is 9.36 Å². The molecule has 0 saturated carbocycles. The van der Waals surface area contributed by atoms with Gasteiger partial charge in [0, 0.05) is 29.3 Å². The van der Waals surface area contributed by atoms with Crippen molar-refractivity contribution >= 4 is 57.8 Å². The molecule has 3 N–H and O–H groups in total. The van der Waals surface area contributed by atoms with E-state index in [1.807, 2.05) is 41.0 Å². The summed E-state index contributed by atoms with van der Waals surface area (Å²) in [4.78, 5) is 24.2. The molecule has 1 amide bonds. The van der Waals surface area contributed by atoms with E-state index in [1.54, 1.807) is 6.20 Å². The van der Waals surface area contributed by atoms with Crippen molar-refractivity contribution in [1.82, 2.24) is 24.8 Å². The van der Waals surface area contributed by atoms with E-state index in [-0.39, 0.29) is 42.7 Å². The third kappa shape index (κ3) is 6.89. The van der Waals surface area contributed by atoms with Gasteiger partial charge in [0.25, 0.3) is 0 Å².